The van der Waals surface area contributed by atoms with Gasteiger partial charge in [-0.05, 0) is 30.7 Å². The minimum atomic E-state index is -1.11. The number of carbonyl (C=O) groups is 1. The predicted molar refractivity (Wildman–Crippen MR) is 68.7 cm³/mol. The molecule has 0 saturated heterocycles. The Balaban J connectivity index is 2.55. The molecule has 0 spiro atoms. The highest BCUT2D eigenvalue weighted by molar-refractivity contribution is 9.10. The first kappa shape index (κ1) is 12.9. The standard InChI is InChI=1S/C14H9BrF2O/c1-8-9(4-2-6-11(8)15)14(18)10-5-3-7-12(16)13(10)17/h2-7H,1H3. The van der Waals surface area contributed by atoms with E-state index in [-0.39, 0.29) is 5.56 Å². The molecule has 0 aromatic heterocycles. The number of benzene rings is 2. The molecule has 0 heterocycles. The SMILES string of the molecule is Cc1c(Br)cccc1C(=O)c1cccc(F)c1F. The van der Waals surface area contributed by atoms with E-state index < -0.39 is 17.4 Å². The Kier molecular flexibility index (Phi) is 3.57. The molecule has 18 heavy (non-hydrogen) atoms. The monoisotopic (exact) mass is 310 g/mol. The zero-order chi connectivity index (χ0) is 13.3. The van der Waals surface area contributed by atoms with Gasteiger partial charge in [-0.2, -0.15) is 0 Å². The van der Waals surface area contributed by atoms with Crippen LogP contribution in [0, 0.1) is 18.6 Å². The Hall–Kier alpha value is -1.55. The van der Waals surface area contributed by atoms with Crippen LogP contribution in [0.2, 0.25) is 0 Å². The Bertz CT molecular complexity index is 570. The van der Waals surface area contributed by atoms with Crippen molar-refractivity contribution in [3.05, 3.63) is 69.2 Å². The first-order valence-corrected chi connectivity index (χ1v) is 6.05. The maximum atomic E-state index is 13.6. The lowest BCUT2D eigenvalue weighted by Gasteiger charge is -2.07. The molecule has 0 fully saturated rings. The Labute approximate surface area is 112 Å². The largest absolute Gasteiger partial charge is 0.288 e. The van der Waals surface area contributed by atoms with Crippen LogP contribution in [-0.4, -0.2) is 5.78 Å². The van der Waals surface area contributed by atoms with Crippen molar-refractivity contribution in [2.45, 2.75) is 6.92 Å². The molecule has 0 saturated carbocycles. The maximum absolute atomic E-state index is 13.6. The summed E-state index contributed by atoms with van der Waals surface area (Å²) in [6, 6.07) is 8.64. The zero-order valence-electron chi connectivity index (χ0n) is 9.51. The highest BCUT2D eigenvalue weighted by atomic mass is 79.9. The Morgan fingerprint density at radius 1 is 1.06 bits per heavy atom. The van der Waals surface area contributed by atoms with Crippen LogP contribution in [0.25, 0.3) is 0 Å². The van der Waals surface area contributed by atoms with Crippen molar-refractivity contribution in [1.82, 2.24) is 0 Å². The highest BCUT2D eigenvalue weighted by Crippen LogP contribution is 2.23. The second-order valence-electron chi connectivity index (χ2n) is 3.84. The molecular weight excluding hydrogens is 302 g/mol. The fourth-order valence-corrected chi connectivity index (χ4v) is 2.04. The minimum absolute atomic E-state index is 0.254. The number of hydrogen-bond acceptors (Lipinski definition) is 1. The third-order valence-corrected chi connectivity index (χ3v) is 3.57. The molecule has 0 unspecified atom stereocenters. The van der Waals surface area contributed by atoms with Crippen molar-refractivity contribution in [3.8, 4) is 0 Å². The van der Waals surface area contributed by atoms with Gasteiger partial charge in [0.15, 0.2) is 17.4 Å². The summed E-state index contributed by atoms with van der Waals surface area (Å²) in [6.07, 6.45) is 0. The average molecular weight is 311 g/mol. The molecule has 0 amide bonds. The van der Waals surface area contributed by atoms with E-state index >= 15 is 0 Å². The predicted octanol–water partition coefficient (Wildman–Crippen LogP) is 4.27. The van der Waals surface area contributed by atoms with E-state index in [0.29, 0.717) is 11.1 Å². The summed E-state index contributed by atoms with van der Waals surface area (Å²) in [5.74, 6) is -2.65. The van der Waals surface area contributed by atoms with Gasteiger partial charge in [0.25, 0.3) is 0 Å². The molecule has 0 atom stereocenters. The van der Waals surface area contributed by atoms with Gasteiger partial charge >= 0.3 is 0 Å². The lowest BCUT2D eigenvalue weighted by molar-refractivity contribution is 0.103. The summed E-state index contributed by atoms with van der Waals surface area (Å²) in [5, 5.41) is 0. The van der Waals surface area contributed by atoms with E-state index in [4.69, 9.17) is 0 Å². The normalized spacial score (nSPS) is 10.4. The van der Waals surface area contributed by atoms with Crippen LogP contribution in [0.5, 0.6) is 0 Å². The number of rotatable bonds is 2. The van der Waals surface area contributed by atoms with Crippen LogP contribution < -0.4 is 0 Å². The maximum Gasteiger partial charge on any atom is 0.196 e. The van der Waals surface area contributed by atoms with E-state index in [9.17, 15) is 13.6 Å². The fraction of sp³-hybridized carbons (Fsp3) is 0.0714. The van der Waals surface area contributed by atoms with Gasteiger partial charge in [0.05, 0.1) is 5.56 Å². The second-order valence-corrected chi connectivity index (χ2v) is 4.70. The lowest BCUT2D eigenvalue weighted by Crippen LogP contribution is -2.07. The molecule has 0 N–H and O–H groups in total. The van der Waals surface area contributed by atoms with Crippen molar-refractivity contribution >= 4 is 21.7 Å². The molecule has 0 aliphatic heterocycles. The number of carbonyl (C=O) groups excluding carboxylic acids is 1. The molecule has 2 rings (SSSR count). The molecule has 2 aromatic carbocycles. The van der Waals surface area contributed by atoms with E-state index in [1.165, 1.54) is 12.1 Å². The molecule has 92 valence electrons. The Morgan fingerprint density at radius 3 is 2.39 bits per heavy atom. The van der Waals surface area contributed by atoms with Crippen LogP contribution in [0.3, 0.4) is 0 Å². The molecule has 1 nitrogen and oxygen atoms in total. The van der Waals surface area contributed by atoms with Gasteiger partial charge in [0.1, 0.15) is 0 Å². The van der Waals surface area contributed by atoms with Crippen LogP contribution in [-0.2, 0) is 0 Å². The molecule has 0 radical (unpaired) electrons. The topological polar surface area (TPSA) is 17.1 Å². The number of hydrogen-bond donors (Lipinski definition) is 0. The molecule has 0 aliphatic carbocycles. The second kappa shape index (κ2) is 4.98. The van der Waals surface area contributed by atoms with Crippen LogP contribution in [0.15, 0.2) is 40.9 Å². The van der Waals surface area contributed by atoms with Gasteiger partial charge in [-0.3, -0.25) is 4.79 Å². The Morgan fingerprint density at radius 2 is 1.67 bits per heavy atom. The van der Waals surface area contributed by atoms with Gasteiger partial charge in [-0.1, -0.05) is 34.1 Å². The summed E-state index contributed by atoms with van der Waals surface area (Å²) >= 11 is 3.30. The average Bonchev–Trinajstić information content (AvgIpc) is 2.35. The van der Waals surface area contributed by atoms with Crippen molar-refractivity contribution in [3.63, 3.8) is 0 Å². The summed E-state index contributed by atoms with van der Waals surface area (Å²) < 4.78 is 27.4. The van der Waals surface area contributed by atoms with Gasteiger partial charge in [-0.25, -0.2) is 8.78 Å². The summed E-state index contributed by atoms with van der Waals surface area (Å²) in [7, 11) is 0. The molecule has 2 aromatic rings. The third kappa shape index (κ3) is 2.20. The third-order valence-electron chi connectivity index (χ3n) is 2.71. The summed E-state index contributed by atoms with van der Waals surface area (Å²) in [4.78, 5) is 12.2. The van der Waals surface area contributed by atoms with Crippen molar-refractivity contribution in [1.29, 1.82) is 0 Å². The van der Waals surface area contributed by atoms with Gasteiger partial charge in [-0.15, -0.1) is 0 Å². The summed E-state index contributed by atoms with van der Waals surface area (Å²) in [6.45, 7) is 1.74. The van der Waals surface area contributed by atoms with Crippen molar-refractivity contribution < 1.29 is 13.6 Å². The van der Waals surface area contributed by atoms with Gasteiger partial charge in [0, 0.05) is 10.0 Å². The van der Waals surface area contributed by atoms with Crippen molar-refractivity contribution in [2.24, 2.45) is 0 Å². The number of halogens is 3. The fourth-order valence-electron chi connectivity index (χ4n) is 1.68. The van der Waals surface area contributed by atoms with Crippen molar-refractivity contribution in [2.75, 3.05) is 0 Å². The first-order chi connectivity index (χ1) is 8.52. The minimum Gasteiger partial charge on any atom is -0.288 e. The molecule has 4 heteroatoms. The highest BCUT2D eigenvalue weighted by Gasteiger charge is 2.18. The zero-order valence-corrected chi connectivity index (χ0v) is 11.1. The van der Waals surface area contributed by atoms with Crippen LogP contribution in [0.1, 0.15) is 21.5 Å². The first-order valence-electron chi connectivity index (χ1n) is 5.26. The van der Waals surface area contributed by atoms with Gasteiger partial charge < -0.3 is 0 Å². The van der Waals surface area contributed by atoms with Crippen LogP contribution >= 0.6 is 15.9 Å². The van der Waals surface area contributed by atoms with Gasteiger partial charge in [0.2, 0.25) is 0 Å². The van der Waals surface area contributed by atoms with E-state index in [1.54, 1.807) is 25.1 Å². The lowest BCUT2D eigenvalue weighted by atomic mass is 9.99. The summed E-state index contributed by atoms with van der Waals surface area (Å²) in [5.41, 5.74) is 0.802. The van der Waals surface area contributed by atoms with E-state index in [2.05, 4.69) is 15.9 Å². The molecular formula is C14H9BrF2O. The number of ketones is 1. The van der Waals surface area contributed by atoms with E-state index in [1.807, 2.05) is 0 Å². The quantitative estimate of drug-likeness (QED) is 0.757. The smallest absolute Gasteiger partial charge is 0.196 e. The van der Waals surface area contributed by atoms with E-state index in [0.717, 1.165) is 10.5 Å². The molecule has 0 aliphatic rings. The van der Waals surface area contributed by atoms with Crippen LogP contribution in [0.4, 0.5) is 8.78 Å². The molecule has 0 bridgehead atoms.